The van der Waals surface area contributed by atoms with Crippen molar-refractivity contribution < 1.29 is 14.6 Å². The van der Waals surface area contributed by atoms with E-state index in [0.717, 1.165) is 16.5 Å². The molecule has 0 spiro atoms. The van der Waals surface area contributed by atoms with Crippen molar-refractivity contribution in [1.82, 2.24) is 14.8 Å². The van der Waals surface area contributed by atoms with Crippen LogP contribution < -0.4 is 4.74 Å². The monoisotopic (exact) mass is 283 g/mol. The first kappa shape index (κ1) is 13.1. The number of carbonyl (C=O) groups is 1. The Morgan fingerprint density at radius 2 is 2.05 bits per heavy atom. The molecule has 0 aliphatic heterocycles. The minimum atomic E-state index is -1.07. The van der Waals surface area contributed by atoms with Crippen LogP contribution >= 0.6 is 0 Å². The van der Waals surface area contributed by atoms with Gasteiger partial charge in [0.2, 0.25) is 0 Å². The van der Waals surface area contributed by atoms with Crippen LogP contribution in [0.5, 0.6) is 5.75 Å². The Labute approximate surface area is 120 Å². The molecule has 1 N–H and O–H groups in total. The SMILES string of the molecule is COc1ccccc1-c1cc(C(=O)O)nc2c1cnn2C. The number of aryl methyl sites for hydroxylation is 1. The number of nitrogens with zero attached hydrogens (tertiary/aromatic N) is 3. The smallest absolute Gasteiger partial charge is 0.354 e. The number of carboxylic acids is 1. The largest absolute Gasteiger partial charge is 0.496 e. The highest BCUT2D eigenvalue weighted by atomic mass is 16.5. The molecule has 0 amide bonds. The molecule has 0 unspecified atom stereocenters. The van der Waals surface area contributed by atoms with Gasteiger partial charge in [-0.05, 0) is 12.1 Å². The summed E-state index contributed by atoms with van der Waals surface area (Å²) in [5.41, 5.74) is 2.05. The van der Waals surface area contributed by atoms with Crippen molar-refractivity contribution >= 4 is 17.0 Å². The highest BCUT2D eigenvalue weighted by Crippen LogP contribution is 2.34. The van der Waals surface area contributed by atoms with E-state index in [1.807, 2.05) is 24.3 Å². The highest BCUT2D eigenvalue weighted by Gasteiger charge is 2.17. The number of aromatic carboxylic acids is 1. The maximum absolute atomic E-state index is 11.3. The topological polar surface area (TPSA) is 77.2 Å². The first-order valence-electron chi connectivity index (χ1n) is 6.31. The summed E-state index contributed by atoms with van der Waals surface area (Å²) in [5.74, 6) is -0.403. The summed E-state index contributed by atoms with van der Waals surface area (Å²) in [7, 11) is 3.31. The Hall–Kier alpha value is -2.89. The van der Waals surface area contributed by atoms with Gasteiger partial charge in [-0.2, -0.15) is 5.10 Å². The second kappa shape index (κ2) is 4.90. The summed E-state index contributed by atoms with van der Waals surface area (Å²) in [5, 5.41) is 14.2. The molecule has 0 aliphatic carbocycles. The van der Waals surface area contributed by atoms with E-state index in [4.69, 9.17) is 4.74 Å². The molecule has 21 heavy (non-hydrogen) atoms. The van der Waals surface area contributed by atoms with Gasteiger partial charge in [0.05, 0.1) is 13.3 Å². The maximum Gasteiger partial charge on any atom is 0.354 e. The Bertz CT molecular complexity index is 839. The molecule has 0 bridgehead atoms. The predicted molar refractivity (Wildman–Crippen MR) is 77.5 cm³/mol. The van der Waals surface area contributed by atoms with Gasteiger partial charge in [-0.3, -0.25) is 4.68 Å². The van der Waals surface area contributed by atoms with Crippen molar-refractivity contribution in [2.75, 3.05) is 7.11 Å². The average molecular weight is 283 g/mol. The Morgan fingerprint density at radius 1 is 1.29 bits per heavy atom. The second-order valence-electron chi connectivity index (χ2n) is 4.57. The second-order valence-corrected chi connectivity index (χ2v) is 4.57. The third kappa shape index (κ3) is 2.10. The molecule has 3 aromatic rings. The zero-order valence-electron chi connectivity index (χ0n) is 11.6. The average Bonchev–Trinajstić information content (AvgIpc) is 2.88. The van der Waals surface area contributed by atoms with E-state index in [9.17, 15) is 9.90 Å². The third-order valence-electron chi connectivity index (χ3n) is 3.32. The first-order valence-corrected chi connectivity index (χ1v) is 6.31. The van der Waals surface area contributed by atoms with Crippen LogP contribution in [0.3, 0.4) is 0 Å². The molecule has 0 fully saturated rings. The number of fused-ring (bicyclic) bond motifs is 1. The van der Waals surface area contributed by atoms with Gasteiger partial charge in [0.25, 0.3) is 0 Å². The fourth-order valence-electron chi connectivity index (χ4n) is 2.31. The van der Waals surface area contributed by atoms with Crippen LogP contribution in [0.15, 0.2) is 36.5 Å². The summed E-state index contributed by atoms with van der Waals surface area (Å²) < 4.78 is 6.92. The number of ether oxygens (including phenoxy) is 1. The number of aromatic nitrogens is 3. The normalized spacial score (nSPS) is 10.8. The molecular formula is C15H13N3O3. The fraction of sp³-hybridized carbons (Fsp3) is 0.133. The van der Waals surface area contributed by atoms with Gasteiger partial charge >= 0.3 is 5.97 Å². The van der Waals surface area contributed by atoms with Gasteiger partial charge in [-0.1, -0.05) is 18.2 Å². The number of hydrogen-bond acceptors (Lipinski definition) is 4. The zero-order chi connectivity index (χ0) is 15.0. The fourth-order valence-corrected chi connectivity index (χ4v) is 2.31. The quantitative estimate of drug-likeness (QED) is 0.798. The molecule has 1 aromatic carbocycles. The number of carboxylic acid groups (broad SMARTS) is 1. The van der Waals surface area contributed by atoms with E-state index in [2.05, 4.69) is 10.1 Å². The molecule has 106 valence electrons. The third-order valence-corrected chi connectivity index (χ3v) is 3.32. The minimum Gasteiger partial charge on any atom is -0.496 e. The molecule has 0 atom stereocenters. The molecule has 0 saturated carbocycles. The molecule has 0 radical (unpaired) electrons. The summed E-state index contributed by atoms with van der Waals surface area (Å²) >= 11 is 0. The van der Waals surface area contributed by atoms with Crippen molar-refractivity contribution in [2.24, 2.45) is 7.05 Å². The van der Waals surface area contributed by atoms with Crippen LogP contribution in [0.1, 0.15) is 10.5 Å². The van der Waals surface area contributed by atoms with Gasteiger partial charge in [0.15, 0.2) is 11.3 Å². The van der Waals surface area contributed by atoms with Crippen molar-refractivity contribution in [1.29, 1.82) is 0 Å². The van der Waals surface area contributed by atoms with Gasteiger partial charge in [-0.25, -0.2) is 9.78 Å². The summed E-state index contributed by atoms with van der Waals surface area (Å²) in [4.78, 5) is 15.4. The molecule has 6 nitrogen and oxygen atoms in total. The van der Waals surface area contributed by atoms with Gasteiger partial charge in [0.1, 0.15) is 5.75 Å². The number of benzene rings is 1. The van der Waals surface area contributed by atoms with Crippen molar-refractivity contribution in [3.8, 4) is 16.9 Å². The number of methoxy groups -OCH3 is 1. The number of hydrogen-bond donors (Lipinski definition) is 1. The van der Waals surface area contributed by atoms with Crippen molar-refractivity contribution in [2.45, 2.75) is 0 Å². The highest BCUT2D eigenvalue weighted by molar-refractivity contribution is 5.98. The molecule has 2 heterocycles. The summed E-state index contributed by atoms with van der Waals surface area (Å²) in [6.45, 7) is 0. The zero-order valence-corrected chi connectivity index (χ0v) is 11.6. The lowest BCUT2D eigenvalue weighted by Gasteiger charge is -2.10. The lowest BCUT2D eigenvalue weighted by atomic mass is 10.0. The van der Waals surface area contributed by atoms with Crippen molar-refractivity contribution in [3.63, 3.8) is 0 Å². The standard InChI is InChI=1S/C15H13N3O3/c1-18-14-11(8-16-18)10(7-12(17-14)15(19)20)9-5-3-4-6-13(9)21-2/h3-8H,1-2H3,(H,19,20). The number of pyridine rings is 1. The van der Waals surface area contributed by atoms with Crippen LogP contribution in [0, 0.1) is 0 Å². The van der Waals surface area contributed by atoms with Crippen molar-refractivity contribution in [3.05, 3.63) is 42.2 Å². The number of rotatable bonds is 3. The minimum absolute atomic E-state index is 0.0213. The van der Waals surface area contributed by atoms with Crippen LogP contribution in [0.4, 0.5) is 0 Å². The van der Waals surface area contributed by atoms with Crippen LogP contribution in [0.2, 0.25) is 0 Å². The van der Waals surface area contributed by atoms with E-state index in [1.54, 1.807) is 31.1 Å². The Morgan fingerprint density at radius 3 is 2.76 bits per heavy atom. The van der Waals surface area contributed by atoms with E-state index in [0.29, 0.717) is 11.4 Å². The molecule has 0 aliphatic rings. The van der Waals surface area contributed by atoms with E-state index in [1.165, 1.54) is 0 Å². The van der Waals surface area contributed by atoms with Gasteiger partial charge in [-0.15, -0.1) is 0 Å². The molecular weight excluding hydrogens is 270 g/mol. The Kier molecular flexibility index (Phi) is 3.06. The molecule has 6 heteroatoms. The maximum atomic E-state index is 11.3. The van der Waals surface area contributed by atoms with E-state index in [-0.39, 0.29) is 5.69 Å². The van der Waals surface area contributed by atoms with Gasteiger partial charge < -0.3 is 9.84 Å². The van der Waals surface area contributed by atoms with E-state index >= 15 is 0 Å². The Balaban J connectivity index is 2.38. The lowest BCUT2D eigenvalue weighted by molar-refractivity contribution is 0.0691. The lowest BCUT2D eigenvalue weighted by Crippen LogP contribution is -2.03. The van der Waals surface area contributed by atoms with Crippen LogP contribution in [-0.2, 0) is 7.05 Å². The van der Waals surface area contributed by atoms with Gasteiger partial charge in [0, 0.05) is 23.6 Å². The summed E-state index contributed by atoms with van der Waals surface area (Å²) in [6, 6.07) is 9.00. The van der Waals surface area contributed by atoms with Crippen LogP contribution in [-0.4, -0.2) is 33.0 Å². The van der Waals surface area contributed by atoms with Crippen LogP contribution in [0.25, 0.3) is 22.2 Å². The molecule has 2 aromatic heterocycles. The first-order chi connectivity index (χ1) is 10.1. The number of para-hydroxylation sites is 1. The predicted octanol–water partition coefficient (Wildman–Crippen LogP) is 2.34. The van der Waals surface area contributed by atoms with E-state index < -0.39 is 5.97 Å². The molecule has 0 saturated heterocycles. The summed E-state index contributed by atoms with van der Waals surface area (Å²) in [6.07, 6.45) is 1.68. The molecule has 3 rings (SSSR count).